The van der Waals surface area contributed by atoms with Gasteiger partial charge in [-0.15, -0.1) is 5.11 Å². The van der Waals surface area contributed by atoms with Crippen LogP contribution in [0.5, 0.6) is 0 Å². The Hall–Kier alpha value is -1.78. The lowest BCUT2D eigenvalue weighted by molar-refractivity contribution is -0.127. The number of carbonyl (C=O) groups excluding carboxylic acids is 1. The van der Waals surface area contributed by atoms with Gasteiger partial charge in [0.05, 0.1) is 5.69 Å². The minimum atomic E-state index is -0.330. The van der Waals surface area contributed by atoms with Gasteiger partial charge in [-0.05, 0) is 24.3 Å². The predicted octanol–water partition coefficient (Wildman–Crippen LogP) is 2.30. The van der Waals surface area contributed by atoms with E-state index in [2.05, 4.69) is 10.3 Å². The maximum Gasteiger partial charge on any atom is 0.240 e. The molecule has 0 aromatic heterocycles. The maximum absolute atomic E-state index is 12.5. The highest BCUT2D eigenvalue weighted by atomic mass is 19.1. The molecule has 1 aromatic rings. The smallest absolute Gasteiger partial charge is 0.240 e. The first kappa shape index (κ1) is 10.3. The molecule has 4 nitrogen and oxygen atoms in total. The number of hydrogen-bond donors (Lipinski definition) is 0. The van der Waals surface area contributed by atoms with E-state index in [0.29, 0.717) is 5.69 Å². The second-order valence-corrected chi connectivity index (χ2v) is 2.71. The molecule has 0 radical (unpaired) electrons. The minimum Gasteiger partial charge on any atom is -0.273 e. The Kier molecular flexibility index (Phi) is 3.28. The van der Waals surface area contributed by atoms with Gasteiger partial charge in [-0.2, -0.15) is 0 Å². The van der Waals surface area contributed by atoms with E-state index in [4.69, 9.17) is 0 Å². The van der Waals surface area contributed by atoms with Crippen LogP contribution in [-0.2, 0) is 4.79 Å². The summed E-state index contributed by atoms with van der Waals surface area (Å²) in [5.74, 6) is -0.542. The first-order valence-electron chi connectivity index (χ1n) is 4.01. The molecule has 74 valence electrons. The zero-order valence-corrected chi connectivity index (χ0v) is 7.94. The first-order chi connectivity index (χ1) is 6.59. The summed E-state index contributed by atoms with van der Waals surface area (Å²) >= 11 is 0. The van der Waals surface area contributed by atoms with Gasteiger partial charge in [-0.1, -0.05) is 5.22 Å². The molecule has 0 aliphatic rings. The molecule has 0 N–H and O–H groups in total. The van der Waals surface area contributed by atoms with Gasteiger partial charge < -0.3 is 0 Å². The molecule has 0 aliphatic carbocycles. The van der Waals surface area contributed by atoms with Crippen molar-refractivity contribution in [2.75, 3.05) is 7.05 Å². The summed E-state index contributed by atoms with van der Waals surface area (Å²) in [4.78, 5) is 10.7. The second kappa shape index (κ2) is 4.45. The maximum atomic E-state index is 12.5. The zero-order valence-electron chi connectivity index (χ0n) is 7.94. The number of carbonyl (C=O) groups is 1. The van der Waals surface area contributed by atoms with Crippen molar-refractivity contribution < 1.29 is 9.18 Å². The molecule has 0 saturated carbocycles. The lowest BCUT2D eigenvalue weighted by atomic mass is 10.3. The van der Waals surface area contributed by atoms with Gasteiger partial charge in [0.25, 0.3) is 0 Å². The van der Waals surface area contributed by atoms with Gasteiger partial charge in [-0.3, -0.25) is 4.79 Å². The Morgan fingerprint density at radius 2 is 1.93 bits per heavy atom. The molecule has 1 aromatic carbocycles. The van der Waals surface area contributed by atoms with Crippen LogP contribution in [0.2, 0.25) is 0 Å². The van der Waals surface area contributed by atoms with Crippen LogP contribution >= 0.6 is 0 Å². The van der Waals surface area contributed by atoms with Gasteiger partial charge in [0, 0.05) is 14.0 Å². The van der Waals surface area contributed by atoms with Crippen molar-refractivity contribution in [3.8, 4) is 0 Å². The third kappa shape index (κ3) is 2.93. The number of hydrogen-bond acceptors (Lipinski definition) is 3. The van der Waals surface area contributed by atoms with Crippen molar-refractivity contribution in [2.24, 2.45) is 10.3 Å². The fourth-order valence-corrected chi connectivity index (χ4v) is 0.689. The van der Waals surface area contributed by atoms with Gasteiger partial charge in [0.15, 0.2) is 0 Å². The third-order valence-corrected chi connectivity index (χ3v) is 1.58. The lowest BCUT2D eigenvalue weighted by Crippen LogP contribution is -2.15. The van der Waals surface area contributed by atoms with Crippen LogP contribution in [0.4, 0.5) is 10.1 Å². The summed E-state index contributed by atoms with van der Waals surface area (Å²) < 4.78 is 12.5. The van der Waals surface area contributed by atoms with E-state index in [9.17, 15) is 9.18 Å². The molecule has 5 heteroatoms. The van der Waals surface area contributed by atoms with Gasteiger partial charge in [-0.25, -0.2) is 9.40 Å². The highest BCUT2D eigenvalue weighted by Gasteiger charge is 1.97. The van der Waals surface area contributed by atoms with Crippen molar-refractivity contribution in [1.29, 1.82) is 0 Å². The monoisotopic (exact) mass is 195 g/mol. The Bertz CT molecular complexity index is 348. The number of amides is 1. The van der Waals surface area contributed by atoms with E-state index in [1.165, 1.54) is 38.2 Å². The van der Waals surface area contributed by atoms with Crippen LogP contribution in [0, 0.1) is 5.82 Å². The molecule has 0 heterocycles. The van der Waals surface area contributed by atoms with Crippen LogP contribution in [0.25, 0.3) is 0 Å². The molecule has 0 aliphatic heterocycles. The van der Waals surface area contributed by atoms with Crippen molar-refractivity contribution in [3.05, 3.63) is 30.1 Å². The SMILES string of the molecule is CC(=O)N(C)N=Nc1ccc(F)cc1. The molecular weight excluding hydrogens is 185 g/mol. The van der Waals surface area contributed by atoms with Crippen LogP contribution in [-0.4, -0.2) is 18.0 Å². The van der Waals surface area contributed by atoms with Crippen LogP contribution in [0.1, 0.15) is 6.92 Å². The van der Waals surface area contributed by atoms with E-state index >= 15 is 0 Å². The Labute approximate surface area is 81.0 Å². The van der Waals surface area contributed by atoms with Crippen LogP contribution in [0.15, 0.2) is 34.6 Å². The molecule has 0 fully saturated rings. The van der Waals surface area contributed by atoms with E-state index in [1.807, 2.05) is 0 Å². The fourth-order valence-electron chi connectivity index (χ4n) is 0.689. The summed E-state index contributed by atoms with van der Waals surface area (Å²) in [5.41, 5.74) is 0.500. The fraction of sp³-hybridized carbons (Fsp3) is 0.222. The van der Waals surface area contributed by atoms with Crippen molar-refractivity contribution >= 4 is 11.6 Å². The molecule has 0 spiro atoms. The van der Waals surface area contributed by atoms with Crippen molar-refractivity contribution in [2.45, 2.75) is 6.92 Å². The standard InChI is InChI=1S/C9H10FN3O/c1-7(14)13(2)12-11-9-5-3-8(10)4-6-9/h3-6H,1-2H3. The third-order valence-electron chi connectivity index (χ3n) is 1.58. The Morgan fingerprint density at radius 3 is 2.43 bits per heavy atom. The van der Waals surface area contributed by atoms with E-state index < -0.39 is 0 Å². The van der Waals surface area contributed by atoms with Crippen molar-refractivity contribution in [1.82, 2.24) is 5.01 Å². The molecule has 0 bridgehead atoms. The molecule has 0 atom stereocenters. The van der Waals surface area contributed by atoms with Gasteiger partial charge in [0.2, 0.25) is 5.91 Å². The molecule has 1 amide bonds. The average Bonchev–Trinajstić information content (AvgIpc) is 2.16. The number of rotatable bonds is 2. The highest BCUT2D eigenvalue weighted by Crippen LogP contribution is 2.12. The second-order valence-electron chi connectivity index (χ2n) is 2.71. The average molecular weight is 195 g/mol. The zero-order chi connectivity index (χ0) is 10.6. The summed E-state index contributed by atoms with van der Waals surface area (Å²) in [5, 5.41) is 8.44. The summed E-state index contributed by atoms with van der Waals surface area (Å²) in [6.45, 7) is 1.38. The molecule has 0 unspecified atom stereocenters. The van der Waals surface area contributed by atoms with Crippen LogP contribution < -0.4 is 0 Å². The van der Waals surface area contributed by atoms with E-state index in [1.54, 1.807) is 0 Å². The largest absolute Gasteiger partial charge is 0.273 e. The summed E-state index contributed by atoms with van der Waals surface area (Å²) in [7, 11) is 1.50. The Morgan fingerprint density at radius 1 is 1.36 bits per heavy atom. The quantitative estimate of drug-likeness (QED) is 0.527. The van der Waals surface area contributed by atoms with E-state index in [0.717, 1.165) is 5.01 Å². The summed E-state index contributed by atoms with van der Waals surface area (Å²) in [6, 6.07) is 5.52. The predicted molar refractivity (Wildman–Crippen MR) is 49.4 cm³/mol. The number of nitrogens with zero attached hydrogens (tertiary/aromatic N) is 3. The van der Waals surface area contributed by atoms with Crippen LogP contribution in [0.3, 0.4) is 0 Å². The minimum absolute atomic E-state index is 0.212. The number of benzene rings is 1. The molecule has 14 heavy (non-hydrogen) atoms. The normalized spacial score (nSPS) is 10.5. The molecule has 0 saturated heterocycles. The lowest BCUT2D eigenvalue weighted by Gasteiger charge is -2.03. The topological polar surface area (TPSA) is 45.0 Å². The molecular formula is C9H10FN3O. The van der Waals surface area contributed by atoms with E-state index in [-0.39, 0.29) is 11.7 Å². The van der Waals surface area contributed by atoms with Gasteiger partial charge in [0.1, 0.15) is 5.82 Å². The van der Waals surface area contributed by atoms with Gasteiger partial charge >= 0.3 is 0 Å². The first-order valence-corrected chi connectivity index (χ1v) is 4.01. The van der Waals surface area contributed by atoms with Crippen molar-refractivity contribution in [3.63, 3.8) is 0 Å². The molecule has 1 rings (SSSR count). The Balaban J connectivity index is 2.69. The summed E-state index contributed by atoms with van der Waals surface area (Å²) in [6.07, 6.45) is 0. The highest BCUT2D eigenvalue weighted by molar-refractivity contribution is 5.72. The number of halogens is 1.